The molecule has 0 saturated carbocycles. The smallest absolute Gasteiger partial charge is 0.335 e. The third-order valence-electron chi connectivity index (χ3n) is 4.44. The average molecular weight is 389 g/mol. The molecule has 4 rings (SSSR count). The molecule has 0 spiro atoms. The van der Waals surface area contributed by atoms with E-state index in [1.807, 2.05) is 18.2 Å². The van der Waals surface area contributed by atoms with Crippen molar-refractivity contribution in [1.29, 1.82) is 0 Å². The van der Waals surface area contributed by atoms with Crippen molar-refractivity contribution in [3.05, 3.63) is 53.1 Å². The molecule has 0 aliphatic carbocycles. The number of halogens is 1. The second-order valence-electron chi connectivity index (χ2n) is 6.25. The van der Waals surface area contributed by atoms with Gasteiger partial charge in [-0.1, -0.05) is 29.0 Å². The van der Waals surface area contributed by atoms with Crippen LogP contribution in [0, 0.1) is 0 Å². The Morgan fingerprint density at radius 2 is 2.04 bits per heavy atom. The summed E-state index contributed by atoms with van der Waals surface area (Å²) in [5.41, 5.74) is 1.21. The van der Waals surface area contributed by atoms with Crippen molar-refractivity contribution in [3.63, 3.8) is 0 Å². The van der Waals surface area contributed by atoms with Crippen LogP contribution in [0.5, 0.6) is 5.75 Å². The molecule has 2 aromatic carbocycles. The van der Waals surface area contributed by atoms with Gasteiger partial charge in [-0.25, -0.2) is 9.78 Å². The van der Waals surface area contributed by atoms with Gasteiger partial charge in [-0.2, -0.15) is 0 Å². The third kappa shape index (κ3) is 3.61. The molecular formula is C19H17ClN2O3S. The lowest BCUT2D eigenvalue weighted by atomic mass is 10.1. The van der Waals surface area contributed by atoms with Gasteiger partial charge >= 0.3 is 5.97 Å². The fourth-order valence-electron chi connectivity index (χ4n) is 3.08. The fourth-order valence-corrected chi connectivity index (χ4v) is 4.37. The zero-order valence-corrected chi connectivity index (χ0v) is 15.5. The Bertz CT molecular complexity index is 951. The molecule has 1 aliphatic rings. The molecule has 0 radical (unpaired) electrons. The van der Waals surface area contributed by atoms with Crippen LogP contribution in [0.3, 0.4) is 0 Å². The molecule has 134 valence electrons. The van der Waals surface area contributed by atoms with E-state index in [0.29, 0.717) is 5.75 Å². The number of thiazole rings is 1. The topological polar surface area (TPSA) is 62.7 Å². The predicted molar refractivity (Wildman–Crippen MR) is 104 cm³/mol. The first kappa shape index (κ1) is 17.1. The number of nitrogens with zero attached hydrogens (tertiary/aromatic N) is 2. The van der Waals surface area contributed by atoms with Crippen molar-refractivity contribution in [1.82, 2.24) is 4.98 Å². The highest BCUT2D eigenvalue weighted by molar-refractivity contribution is 7.22. The first-order valence-electron chi connectivity index (χ1n) is 8.39. The number of hydrogen-bond donors (Lipinski definition) is 1. The molecule has 2 heterocycles. The van der Waals surface area contributed by atoms with Crippen molar-refractivity contribution in [2.75, 3.05) is 18.0 Å². The first-order valence-corrected chi connectivity index (χ1v) is 9.59. The van der Waals surface area contributed by atoms with Gasteiger partial charge in [0.1, 0.15) is 11.9 Å². The summed E-state index contributed by atoms with van der Waals surface area (Å²) >= 11 is 7.71. The lowest BCUT2D eigenvalue weighted by Gasteiger charge is -2.32. The number of aromatic nitrogens is 1. The van der Waals surface area contributed by atoms with E-state index < -0.39 is 5.97 Å². The summed E-state index contributed by atoms with van der Waals surface area (Å²) in [6.45, 7) is 1.72. The number of rotatable bonds is 4. The van der Waals surface area contributed by atoms with Crippen LogP contribution in [-0.4, -0.2) is 35.3 Å². The quantitative estimate of drug-likeness (QED) is 0.702. The zero-order chi connectivity index (χ0) is 18.1. The maximum atomic E-state index is 11.1. The van der Waals surface area contributed by atoms with Crippen LogP contribution in [-0.2, 0) is 0 Å². The Morgan fingerprint density at radius 1 is 1.23 bits per heavy atom. The first-order chi connectivity index (χ1) is 12.6. The van der Waals surface area contributed by atoms with Gasteiger partial charge in [-0.05, 0) is 36.4 Å². The van der Waals surface area contributed by atoms with E-state index in [0.717, 1.165) is 46.3 Å². The zero-order valence-electron chi connectivity index (χ0n) is 13.9. The second-order valence-corrected chi connectivity index (χ2v) is 7.69. The molecule has 1 aliphatic heterocycles. The summed E-state index contributed by atoms with van der Waals surface area (Å²) < 4.78 is 7.07. The number of piperidine rings is 1. The van der Waals surface area contributed by atoms with Gasteiger partial charge in [0.15, 0.2) is 5.13 Å². The Kier molecular flexibility index (Phi) is 4.70. The van der Waals surface area contributed by atoms with E-state index in [-0.39, 0.29) is 11.7 Å². The molecule has 0 amide bonds. The van der Waals surface area contributed by atoms with Crippen LogP contribution in [0.4, 0.5) is 5.13 Å². The van der Waals surface area contributed by atoms with E-state index >= 15 is 0 Å². The number of fused-ring (bicyclic) bond motifs is 1. The van der Waals surface area contributed by atoms with Crippen LogP contribution in [0.25, 0.3) is 10.2 Å². The number of aromatic carboxylic acids is 1. The molecule has 1 fully saturated rings. The van der Waals surface area contributed by atoms with Crippen molar-refractivity contribution in [3.8, 4) is 5.75 Å². The van der Waals surface area contributed by atoms with Crippen LogP contribution in [0.15, 0.2) is 42.5 Å². The van der Waals surface area contributed by atoms with Gasteiger partial charge in [-0.15, -0.1) is 0 Å². The average Bonchev–Trinajstić information content (AvgIpc) is 3.05. The Labute approximate surface area is 159 Å². The number of carbonyl (C=O) groups is 1. The Hall–Kier alpha value is -2.31. The van der Waals surface area contributed by atoms with Crippen molar-refractivity contribution < 1.29 is 14.6 Å². The second kappa shape index (κ2) is 7.13. The molecule has 0 unspecified atom stereocenters. The molecule has 0 bridgehead atoms. The molecule has 3 aromatic rings. The van der Waals surface area contributed by atoms with E-state index in [2.05, 4.69) is 4.90 Å². The van der Waals surface area contributed by atoms with Gasteiger partial charge in [0.2, 0.25) is 0 Å². The molecule has 5 nitrogen and oxygen atoms in total. The maximum Gasteiger partial charge on any atom is 0.335 e. The standard InChI is InChI=1S/C19H17ClN2O3S/c20-13-4-5-16-17(11-13)26-19(21-16)22-8-6-14(7-9-22)25-15-3-1-2-12(10-15)18(23)24/h1-5,10-11,14H,6-9H2,(H,23,24). The number of ether oxygens (including phenoxy) is 1. The van der Waals surface area contributed by atoms with Crippen LogP contribution >= 0.6 is 22.9 Å². The highest BCUT2D eigenvalue weighted by Crippen LogP contribution is 2.32. The molecule has 1 aromatic heterocycles. The monoisotopic (exact) mass is 388 g/mol. The summed E-state index contributed by atoms with van der Waals surface area (Å²) in [4.78, 5) is 18.0. The summed E-state index contributed by atoms with van der Waals surface area (Å²) in [6.07, 6.45) is 1.82. The van der Waals surface area contributed by atoms with Crippen LogP contribution in [0.2, 0.25) is 5.02 Å². The van der Waals surface area contributed by atoms with Gasteiger partial charge < -0.3 is 14.7 Å². The minimum atomic E-state index is -0.943. The summed E-state index contributed by atoms with van der Waals surface area (Å²) in [5.74, 6) is -0.334. The Balaban J connectivity index is 1.40. The van der Waals surface area contributed by atoms with E-state index in [4.69, 9.17) is 26.4 Å². The summed E-state index contributed by atoms with van der Waals surface area (Å²) in [6, 6.07) is 12.4. The minimum Gasteiger partial charge on any atom is -0.490 e. The van der Waals surface area contributed by atoms with Gasteiger partial charge in [-0.3, -0.25) is 0 Å². The van der Waals surface area contributed by atoms with E-state index in [1.54, 1.807) is 35.6 Å². The highest BCUT2D eigenvalue weighted by atomic mass is 35.5. The number of carboxylic acid groups (broad SMARTS) is 1. The Morgan fingerprint density at radius 3 is 2.81 bits per heavy atom. The molecule has 26 heavy (non-hydrogen) atoms. The molecule has 0 atom stereocenters. The molecule has 1 saturated heterocycles. The largest absolute Gasteiger partial charge is 0.490 e. The number of hydrogen-bond acceptors (Lipinski definition) is 5. The molecule has 7 heteroatoms. The summed E-state index contributed by atoms with van der Waals surface area (Å²) in [5, 5.41) is 10.8. The number of carboxylic acids is 1. The maximum absolute atomic E-state index is 11.1. The SMILES string of the molecule is O=C(O)c1cccc(OC2CCN(c3nc4ccc(Cl)cc4s3)CC2)c1. The van der Waals surface area contributed by atoms with E-state index in [1.165, 1.54) is 0 Å². The van der Waals surface area contributed by atoms with Gasteiger partial charge in [0.25, 0.3) is 0 Å². The number of anilines is 1. The molecule has 1 N–H and O–H groups in total. The van der Waals surface area contributed by atoms with Crippen molar-refractivity contribution >= 4 is 44.3 Å². The minimum absolute atomic E-state index is 0.0825. The normalized spacial score (nSPS) is 15.3. The predicted octanol–water partition coefficient (Wildman–Crippen LogP) is 4.70. The van der Waals surface area contributed by atoms with Gasteiger partial charge in [0, 0.05) is 31.0 Å². The van der Waals surface area contributed by atoms with Crippen LogP contribution < -0.4 is 9.64 Å². The fraction of sp³-hybridized carbons (Fsp3) is 0.263. The lowest BCUT2D eigenvalue weighted by Crippen LogP contribution is -2.38. The highest BCUT2D eigenvalue weighted by Gasteiger charge is 2.23. The van der Waals surface area contributed by atoms with Crippen LogP contribution in [0.1, 0.15) is 23.2 Å². The summed E-state index contributed by atoms with van der Waals surface area (Å²) in [7, 11) is 0. The third-order valence-corrected chi connectivity index (χ3v) is 5.75. The lowest BCUT2D eigenvalue weighted by molar-refractivity contribution is 0.0695. The van der Waals surface area contributed by atoms with E-state index in [9.17, 15) is 4.79 Å². The number of benzene rings is 2. The van der Waals surface area contributed by atoms with Crippen molar-refractivity contribution in [2.24, 2.45) is 0 Å². The van der Waals surface area contributed by atoms with Gasteiger partial charge in [0.05, 0.1) is 15.8 Å². The molecular weight excluding hydrogens is 372 g/mol. The van der Waals surface area contributed by atoms with Crippen molar-refractivity contribution in [2.45, 2.75) is 18.9 Å².